The van der Waals surface area contributed by atoms with E-state index in [1.54, 1.807) is 12.1 Å². The molecule has 2 atom stereocenters. The number of benzene rings is 1. The van der Waals surface area contributed by atoms with E-state index in [1.807, 2.05) is 7.05 Å². The summed E-state index contributed by atoms with van der Waals surface area (Å²) in [5, 5.41) is 9.96. The Bertz CT molecular complexity index is 352. The van der Waals surface area contributed by atoms with Gasteiger partial charge >= 0.3 is 0 Å². The molecule has 0 unspecified atom stereocenters. The monoisotopic (exact) mass is 237 g/mol. The molecular weight excluding hydrogens is 217 g/mol. The van der Waals surface area contributed by atoms with Gasteiger partial charge in [0, 0.05) is 12.6 Å². The van der Waals surface area contributed by atoms with Gasteiger partial charge in [0.25, 0.3) is 0 Å². The maximum atomic E-state index is 12.8. The van der Waals surface area contributed by atoms with Crippen LogP contribution in [0.5, 0.6) is 0 Å². The number of hydrogen-bond donors (Lipinski definition) is 1. The van der Waals surface area contributed by atoms with Crippen molar-refractivity contribution in [2.24, 2.45) is 0 Å². The molecule has 17 heavy (non-hydrogen) atoms. The van der Waals surface area contributed by atoms with E-state index in [2.05, 4.69) is 4.90 Å². The van der Waals surface area contributed by atoms with E-state index < -0.39 is 0 Å². The summed E-state index contributed by atoms with van der Waals surface area (Å²) >= 11 is 0. The van der Waals surface area contributed by atoms with E-state index in [4.69, 9.17) is 0 Å². The first kappa shape index (κ1) is 12.5. The predicted molar refractivity (Wildman–Crippen MR) is 66.1 cm³/mol. The van der Waals surface area contributed by atoms with Crippen molar-refractivity contribution in [3.8, 4) is 0 Å². The van der Waals surface area contributed by atoms with Crippen molar-refractivity contribution in [1.82, 2.24) is 4.90 Å². The Labute approximate surface area is 102 Å². The van der Waals surface area contributed by atoms with Gasteiger partial charge < -0.3 is 5.11 Å². The third-order valence-corrected chi connectivity index (χ3v) is 3.61. The minimum Gasteiger partial charge on any atom is -0.391 e. The molecule has 1 aromatic carbocycles. The molecule has 0 aromatic heterocycles. The summed E-state index contributed by atoms with van der Waals surface area (Å²) in [6, 6.07) is 6.83. The zero-order valence-electron chi connectivity index (χ0n) is 10.3. The Kier molecular flexibility index (Phi) is 4.13. The maximum Gasteiger partial charge on any atom is 0.123 e. The fraction of sp³-hybridized carbons (Fsp3) is 0.571. The zero-order valence-corrected chi connectivity index (χ0v) is 10.3. The highest BCUT2D eigenvalue weighted by Crippen LogP contribution is 2.23. The number of hydrogen-bond acceptors (Lipinski definition) is 2. The van der Waals surface area contributed by atoms with E-state index in [9.17, 15) is 9.50 Å². The minimum atomic E-state index is -0.214. The Morgan fingerprint density at radius 1 is 1.24 bits per heavy atom. The first-order valence-corrected chi connectivity index (χ1v) is 6.29. The molecule has 0 aliphatic heterocycles. The largest absolute Gasteiger partial charge is 0.391 e. The van der Waals surface area contributed by atoms with Gasteiger partial charge in [0.15, 0.2) is 0 Å². The molecule has 0 spiro atoms. The van der Waals surface area contributed by atoms with Gasteiger partial charge in [-0.2, -0.15) is 0 Å². The summed E-state index contributed by atoms with van der Waals surface area (Å²) in [4.78, 5) is 2.18. The van der Waals surface area contributed by atoms with Crippen molar-refractivity contribution in [1.29, 1.82) is 0 Å². The maximum absolute atomic E-state index is 12.8. The number of likely N-dealkylation sites (N-methyl/N-ethyl adjacent to an activating group) is 1. The Morgan fingerprint density at radius 3 is 2.53 bits per heavy atom. The lowest BCUT2D eigenvalue weighted by atomic mass is 9.91. The van der Waals surface area contributed by atoms with Crippen molar-refractivity contribution in [2.45, 2.75) is 44.4 Å². The predicted octanol–water partition coefficient (Wildman–Crippen LogP) is 2.56. The van der Waals surface area contributed by atoms with Crippen LogP contribution in [0, 0.1) is 5.82 Å². The summed E-state index contributed by atoms with van der Waals surface area (Å²) in [6.45, 7) is 0.766. The highest BCUT2D eigenvalue weighted by molar-refractivity contribution is 5.16. The van der Waals surface area contributed by atoms with Crippen molar-refractivity contribution in [3.05, 3.63) is 35.6 Å². The average molecular weight is 237 g/mol. The highest BCUT2D eigenvalue weighted by atomic mass is 19.1. The molecule has 1 fully saturated rings. The lowest BCUT2D eigenvalue weighted by Gasteiger charge is -2.35. The lowest BCUT2D eigenvalue weighted by molar-refractivity contribution is 0.0288. The molecule has 2 nitrogen and oxygen atoms in total. The molecule has 0 saturated heterocycles. The molecule has 1 N–H and O–H groups in total. The number of halogens is 1. The minimum absolute atomic E-state index is 0.200. The summed E-state index contributed by atoms with van der Waals surface area (Å²) < 4.78 is 12.8. The topological polar surface area (TPSA) is 23.5 Å². The average Bonchev–Trinajstić information content (AvgIpc) is 2.32. The quantitative estimate of drug-likeness (QED) is 0.873. The number of aliphatic hydroxyl groups excluding tert-OH is 1. The van der Waals surface area contributed by atoms with Crippen molar-refractivity contribution < 1.29 is 9.50 Å². The van der Waals surface area contributed by atoms with Crippen molar-refractivity contribution >= 4 is 0 Å². The highest BCUT2D eigenvalue weighted by Gasteiger charge is 2.26. The van der Waals surface area contributed by atoms with Gasteiger partial charge in [0.2, 0.25) is 0 Å². The van der Waals surface area contributed by atoms with E-state index in [0.717, 1.165) is 31.4 Å². The summed E-state index contributed by atoms with van der Waals surface area (Å²) in [6.07, 6.45) is 4.06. The van der Waals surface area contributed by atoms with Gasteiger partial charge in [0.1, 0.15) is 5.82 Å². The van der Waals surface area contributed by atoms with Crippen LogP contribution in [-0.4, -0.2) is 29.2 Å². The smallest absolute Gasteiger partial charge is 0.123 e. The molecule has 1 aliphatic rings. The molecule has 0 amide bonds. The third-order valence-electron chi connectivity index (χ3n) is 3.61. The lowest BCUT2D eigenvalue weighted by Crippen LogP contribution is -2.42. The number of aliphatic hydroxyl groups is 1. The van der Waals surface area contributed by atoms with Crippen molar-refractivity contribution in [3.63, 3.8) is 0 Å². The van der Waals surface area contributed by atoms with Crippen LogP contribution in [0.15, 0.2) is 24.3 Å². The molecule has 1 aromatic rings. The molecule has 94 valence electrons. The van der Waals surface area contributed by atoms with Crippen molar-refractivity contribution in [2.75, 3.05) is 7.05 Å². The molecular formula is C14H20FNO. The second-order valence-corrected chi connectivity index (χ2v) is 4.96. The van der Waals surface area contributed by atoms with Crippen LogP contribution in [0.4, 0.5) is 4.39 Å². The summed E-state index contributed by atoms with van der Waals surface area (Å²) in [7, 11) is 2.03. The van der Waals surface area contributed by atoms with E-state index in [-0.39, 0.29) is 18.0 Å². The van der Waals surface area contributed by atoms with E-state index in [1.165, 1.54) is 18.6 Å². The van der Waals surface area contributed by atoms with E-state index >= 15 is 0 Å². The normalized spacial score (nSPS) is 25.2. The van der Waals surface area contributed by atoms with Gasteiger partial charge in [-0.05, 0) is 37.6 Å². The fourth-order valence-corrected chi connectivity index (χ4v) is 2.60. The third kappa shape index (κ3) is 3.27. The molecule has 0 heterocycles. The van der Waals surface area contributed by atoms with Crippen LogP contribution in [0.3, 0.4) is 0 Å². The zero-order chi connectivity index (χ0) is 12.3. The van der Waals surface area contributed by atoms with E-state index in [0.29, 0.717) is 0 Å². The fourth-order valence-electron chi connectivity index (χ4n) is 2.60. The Hall–Kier alpha value is -0.930. The standard InChI is InChI=1S/C14H20FNO/c1-16(13-4-2-3-5-14(13)17)10-11-6-8-12(15)9-7-11/h6-9,13-14,17H,2-5,10H2,1H3/t13-,14-/m1/s1. The summed E-state index contributed by atoms with van der Waals surface area (Å²) in [5.41, 5.74) is 1.09. The van der Waals surface area contributed by atoms with Gasteiger partial charge in [-0.1, -0.05) is 25.0 Å². The Balaban J connectivity index is 1.95. The molecule has 2 rings (SSSR count). The van der Waals surface area contributed by atoms with Gasteiger partial charge in [-0.3, -0.25) is 4.90 Å². The molecule has 3 heteroatoms. The van der Waals surface area contributed by atoms with Gasteiger partial charge in [-0.25, -0.2) is 4.39 Å². The molecule has 1 aliphatic carbocycles. The molecule has 0 bridgehead atoms. The first-order valence-electron chi connectivity index (χ1n) is 6.29. The molecule has 0 radical (unpaired) electrons. The number of rotatable bonds is 3. The van der Waals surface area contributed by atoms with Gasteiger partial charge in [-0.15, -0.1) is 0 Å². The van der Waals surface area contributed by atoms with Gasteiger partial charge in [0.05, 0.1) is 6.10 Å². The van der Waals surface area contributed by atoms with Crippen LogP contribution in [-0.2, 0) is 6.54 Å². The number of nitrogens with zero attached hydrogens (tertiary/aromatic N) is 1. The SMILES string of the molecule is CN(Cc1ccc(F)cc1)[C@@H]1CCCC[C@H]1O. The van der Waals surface area contributed by atoms with Crippen LogP contribution in [0.1, 0.15) is 31.2 Å². The van der Waals surface area contributed by atoms with Crippen LogP contribution in [0.25, 0.3) is 0 Å². The van der Waals surface area contributed by atoms with Crippen LogP contribution < -0.4 is 0 Å². The second kappa shape index (κ2) is 5.61. The second-order valence-electron chi connectivity index (χ2n) is 4.96. The van der Waals surface area contributed by atoms with Crippen LogP contribution >= 0.6 is 0 Å². The van der Waals surface area contributed by atoms with Crippen LogP contribution in [0.2, 0.25) is 0 Å². The molecule has 1 saturated carbocycles. The Morgan fingerprint density at radius 2 is 1.88 bits per heavy atom. The summed E-state index contributed by atoms with van der Waals surface area (Å²) in [5.74, 6) is -0.200. The first-order chi connectivity index (χ1) is 8.16.